The topological polar surface area (TPSA) is 12.5 Å². The summed E-state index contributed by atoms with van der Waals surface area (Å²) in [5, 5.41) is 2.61. The summed E-state index contributed by atoms with van der Waals surface area (Å²) in [5.41, 5.74) is 3.70. The van der Waals surface area contributed by atoms with E-state index < -0.39 is 8.07 Å². The van der Waals surface area contributed by atoms with Gasteiger partial charge in [0.2, 0.25) is 0 Å². The zero-order valence-corrected chi connectivity index (χ0v) is 12.8. The van der Waals surface area contributed by atoms with Gasteiger partial charge in [-0.25, -0.2) is 0 Å². The highest BCUT2D eigenvalue weighted by Crippen LogP contribution is 2.42. The summed E-state index contributed by atoms with van der Waals surface area (Å²) in [4.78, 5) is 0. The van der Waals surface area contributed by atoms with Crippen LogP contribution in [0.5, 0.6) is 0 Å². The second-order valence-electron chi connectivity index (χ2n) is 6.31. The number of rotatable bonds is 3. The standard InChI is InChI=1S/C17H20OSi/c1-19(2,3)12-11-16-17(18-16)15-10-6-8-13-7-4-5-9-14(13)15/h4-12,16-17H,1-3H3/b12-11+/t16-,17-/m1/s1. The minimum atomic E-state index is -1.12. The van der Waals surface area contributed by atoms with Crippen LogP contribution in [0.3, 0.4) is 0 Å². The van der Waals surface area contributed by atoms with E-state index in [9.17, 15) is 0 Å². The molecule has 0 aliphatic carbocycles. The van der Waals surface area contributed by atoms with Crippen LogP contribution in [-0.4, -0.2) is 14.2 Å². The van der Waals surface area contributed by atoms with Gasteiger partial charge in [-0.3, -0.25) is 0 Å². The Bertz CT molecular complexity index is 619. The highest BCUT2D eigenvalue weighted by molar-refractivity contribution is 6.80. The maximum Gasteiger partial charge on any atom is 0.114 e. The molecule has 0 bridgehead atoms. The molecule has 3 rings (SSSR count). The van der Waals surface area contributed by atoms with Crippen LogP contribution in [0.1, 0.15) is 11.7 Å². The number of benzene rings is 2. The van der Waals surface area contributed by atoms with Gasteiger partial charge in [-0.2, -0.15) is 0 Å². The number of ether oxygens (including phenoxy) is 1. The van der Waals surface area contributed by atoms with Crippen molar-refractivity contribution < 1.29 is 4.74 Å². The summed E-state index contributed by atoms with van der Waals surface area (Å²) in [6.45, 7) is 7.04. The Hall–Kier alpha value is -1.38. The lowest BCUT2D eigenvalue weighted by atomic mass is 10.0. The first-order valence-electron chi connectivity index (χ1n) is 6.87. The fourth-order valence-corrected chi connectivity index (χ4v) is 3.17. The number of epoxide rings is 1. The molecule has 1 nitrogen and oxygen atoms in total. The van der Waals surface area contributed by atoms with Crippen LogP contribution in [0.15, 0.2) is 54.2 Å². The Morgan fingerprint density at radius 2 is 1.74 bits per heavy atom. The molecule has 1 saturated heterocycles. The van der Waals surface area contributed by atoms with Gasteiger partial charge in [0.25, 0.3) is 0 Å². The lowest BCUT2D eigenvalue weighted by Gasteiger charge is -2.07. The fourth-order valence-electron chi connectivity index (χ4n) is 2.40. The molecular weight excluding hydrogens is 248 g/mol. The van der Waals surface area contributed by atoms with Crippen LogP contribution in [0, 0.1) is 0 Å². The van der Waals surface area contributed by atoms with E-state index >= 15 is 0 Å². The van der Waals surface area contributed by atoms with E-state index in [1.54, 1.807) is 0 Å². The first-order chi connectivity index (χ1) is 9.04. The van der Waals surface area contributed by atoms with Gasteiger partial charge >= 0.3 is 0 Å². The molecule has 0 saturated carbocycles. The Kier molecular flexibility index (Phi) is 3.07. The maximum atomic E-state index is 5.84. The third kappa shape index (κ3) is 2.80. The Labute approximate surface area is 115 Å². The summed E-state index contributed by atoms with van der Waals surface area (Å²) in [6, 6.07) is 15.0. The van der Waals surface area contributed by atoms with Gasteiger partial charge in [-0.1, -0.05) is 73.9 Å². The van der Waals surface area contributed by atoms with Crippen molar-refractivity contribution in [1.82, 2.24) is 0 Å². The predicted octanol–water partition coefficient (Wildman–Crippen LogP) is 4.71. The molecule has 0 N–H and O–H groups in total. The molecule has 1 aliphatic heterocycles. The van der Waals surface area contributed by atoms with Gasteiger partial charge in [0.1, 0.15) is 12.2 Å². The molecule has 0 aromatic heterocycles. The first kappa shape index (κ1) is 12.6. The SMILES string of the molecule is C[Si](C)(C)/C=C/[C@H]1O[C@@H]1c1cccc2ccccc12. The fraction of sp³-hybridized carbons (Fsp3) is 0.294. The van der Waals surface area contributed by atoms with E-state index in [-0.39, 0.29) is 12.2 Å². The lowest BCUT2D eigenvalue weighted by Crippen LogP contribution is -2.15. The summed E-state index contributed by atoms with van der Waals surface area (Å²) in [7, 11) is -1.12. The molecule has 0 spiro atoms. The zero-order chi connectivity index (χ0) is 13.5. The van der Waals surface area contributed by atoms with Crippen molar-refractivity contribution in [2.75, 3.05) is 0 Å². The molecule has 1 heterocycles. The first-order valence-corrected chi connectivity index (χ1v) is 10.4. The largest absolute Gasteiger partial charge is 0.360 e. The van der Waals surface area contributed by atoms with Crippen LogP contribution in [0.4, 0.5) is 0 Å². The number of hydrogen-bond donors (Lipinski definition) is 0. The van der Waals surface area contributed by atoms with E-state index in [0.29, 0.717) is 0 Å². The van der Waals surface area contributed by atoms with E-state index in [2.05, 4.69) is 73.9 Å². The van der Waals surface area contributed by atoms with Crippen molar-refractivity contribution in [3.63, 3.8) is 0 Å². The zero-order valence-electron chi connectivity index (χ0n) is 11.8. The van der Waals surface area contributed by atoms with Crippen molar-refractivity contribution >= 4 is 18.8 Å². The van der Waals surface area contributed by atoms with Crippen LogP contribution >= 0.6 is 0 Å². The number of hydrogen-bond acceptors (Lipinski definition) is 1. The Morgan fingerprint density at radius 3 is 2.53 bits per heavy atom. The van der Waals surface area contributed by atoms with Crippen molar-refractivity contribution in [2.24, 2.45) is 0 Å². The molecule has 1 aliphatic rings. The highest BCUT2D eigenvalue weighted by atomic mass is 28.3. The number of fused-ring (bicyclic) bond motifs is 1. The summed E-state index contributed by atoms with van der Waals surface area (Å²) in [6.07, 6.45) is 2.79. The molecule has 0 amide bonds. The summed E-state index contributed by atoms with van der Waals surface area (Å²) < 4.78 is 5.84. The molecule has 2 atom stereocenters. The predicted molar refractivity (Wildman–Crippen MR) is 84.0 cm³/mol. The van der Waals surface area contributed by atoms with E-state index in [0.717, 1.165) is 0 Å². The van der Waals surface area contributed by atoms with Crippen LogP contribution < -0.4 is 0 Å². The maximum absolute atomic E-state index is 5.84. The molecular formula is C17H20OSi. The molecule has 2 heteroatoms. The van der Waals surface area contributed by atoms with Crippen LogP contribution in [0.25, 0.3) is 10.8 Å². The minimum Gasteiger partial charge on any atom is -0.360 e. The second-order valence-corrected chi connectivity index (χ2v) is 11.4. The molecule has 19 heavy (non-hydrogen) atoms. The minimum absolute atomic E-state index is 0.249. The highest BCUT2D eigenvalue weighted by Gasteiger charge is 2.39. The van der Waals surface area contributed by atoms with Gasteiger partial charge in [0, 0.05) is 0 Å². The van der Waals surface area contributed by atoms with Gasteiger partial charge in [-0.05, 0) is 16.3 Å². The smallest absolute Gasteiger partial charge is 0.114 e. The molecule has 2 aromatic carbocycles. The van der Waals surface area contributed by atoms with Crippen LogP contribution in [0.2, 0.25) is 19.6 Å². The third-order valence-corrected chi connectivity index (χ3v) is 4.63. The summed E-state index contributed by atoms with van der Waals surface area (Å²) >= 11 is 0. The monoisotopic (exact) mass is 268 g/mol. The molecule has 98 valence electrons. The van der Waals surface area contributed by atoms with Crippen molar-refractivity contribution in [2.45, 2.75) is 31.8 Å². The average Bonchev–Trinajstić information content (AvgIpc) is 3.14. The van der Waals surface area contributed by atoms with Crippen LogP contribution in [-0.2, 0) is 4.74 Å². The molecule has 2 aromatic rings. The van der Waals surface area contributed by atoms with E-state index in [1.165, 1.54) is 16.3 Å². The Morgan fingerprint density at radius 1 is 1.00 bits per heavy atom. The van der Waals surface area contributed by atoms with Crippen molar-refractivity contribution in [1.29, 1.82) is 0 Å². The molecule has 1 fully saturated rings. The van der Waals surface area contributed by atoms with E-state index in [1.807, 2.05) is 0 Å². The average molecular weight is 268 g/mol. The van der Waals surface area contributed by atoms with Gasteiger partial charge in [0.15, 0.2) is 0 Å². The van der Waals surface area contributed by atoms with Gasteiger partial charge in [-0.15, -0.1) is 0 Å². The van der Waals surface area contributed by atoms with Crippen molar-refractivity contribution in [3.05, 3.63) is 59.8 Å². The second kappa shape index (κ2) is 4.62. The van der Waals surface area contributed by atoms with Gasteiger partial charge < -0.3 is 4.74 Å². The third-order valence-electron chi connectivity index (χ3n) is 3.44. The van der Waals surface area contributed by atoms with E-state index in [4.69, 9.17) is 4.74 Å². The van der Waals surface area contributed by atoms with Gasteiger partial charge in [0.05, 0.1) is 8.07 Å². The van der Waals surface area contributed by atoms with Crippen molar-refractivity contribution in [3.8, 4) is 0 Å². The normalized spacial score (nSPS) is 23.1. The Balaban J connectivity index is 1.86. The molecule has 0 radical (unpaired) electrons. The summed E-state index contributed by atoms with van der Waals surface area (Å²) in [5.74, 6) is 0. The quantitative estimate of drug-likeness (QED) is 0.580. The molecule has 0 unspecified atom stereocenters. The lowest BCUT2D eigenvalue weighted by molar-refractivity contribution is 0.395.